The van der Waals surface area contributed by atoms with E-state index in [0.717, 1.165) is 13.1 Å². The van der Waals surface area contributed by atoms with Gasteiger partial charge in [-0.1, -0.05) is 0 Å². The number of rotatable bonds is 4. The first-order chi connectivity index (χ1) is 10.4. The van der Waals surface area contributed by atoms with Crippen molar-refractivity contribution >= 4 is 17.4 Å². The Hall–Kier alpha value is -1.72. The average molecular weight is 304 g/mol. The van der Waals surface area contributed by atoms with Gasteiger partial charge in [0.15, 0.2) is 5.78 Å². The summed E-state index contributed by atoms with van der Waals surface area (Å²) in [7, 11) is 0. The zero-order valence-corrected chi connectivity index (χ0v) is 13.6. The van der Waals surface area contributed by atoms with Crippen molar-refractivity contribution < 1.29 is 14.3 Å². The molecule has 3 unspecified atom stereocenters. The maximum Gasteiger partial charge on any atom is 0.241 e. The van der Waals surface area contributed by atoms with Crippen molar-refractivity contribution in [3.8, 4) is 0 Å². The SMILES string of the molecule is CC(=O)c1ccc(NC(=O)C(C)N2CC(C)OC(C)C2)cc1. The van der Waals surface area contributed by atoms with Crippen LogP contribution in [0.1, 0.15) is 38.1 Å². The van der Waals surface area contributed by atoms with Crippen LogP contribution in [0.3, 0.4) is 0 Å². The summed E-state index contributed by atoms with van der Waals surface area (Å²) in [5, 5.41) is 2.90. The summed E-state index contributed by atoms with van der Waals surface area (Å²) in [5.41, 5.74) is 1.35. The van der Waals surface area contributed by atoms with Crippen molar-refractivity contribution in [2.75, 3.05) is 18.4 Å². The van der Waals surface area contributed by atoms with Crippen LogP contribution in [0.25, 0.3) is 0 Å². The monoisotopic (exact) mass is 304 g/mol. The number of hydrogen-bond donors (Lipinski definition) is 1. The summed E-state index contributed by atoms with van der Waals surface area (Å²) >= 11 is 0. The van der Waals surface area contributed by atoms with Gasteiger partial charge in [-0.15, -0.1) is 0 Å². The molecule has 0 bridgehead atoms. The Balaban J connectivity index is 1.97. The van der Waals surface area contributed by atoms with Crippen LogP contribution in [0.4, 0.5) is 5.69 Å². The van der Waals surface area contributed by atoms with E-state index in [2.05, 4.69) is 10.2 Å². The minimum Gasteiger partial charge on any atom is -0.373 e. The molecular weight excluding hydrogens is 280 g/mol. The molecule has 1 heterocycles. The third kappa shape index (κ3) is 4.15. The molecule has 1 amide bonds. The highest BCUT2D eigenvalue weighted by atomic mass is 16.5. The molecule has 1 fully saturated rings. The molecule has 0 spiro atoms. The van der Waals surface area contributed by atoms with E-state index in [0.29, 0.717) is 11.3 Å². The van der Waals surface area contributed by atoms with Crippen molar-refractivity contribution in [3.63, 3.8) is 0 Å². The maximum absolute atomic E-state index is 12.4. The number of Topliss-reactive ketones (excluding diaryl/α,β-unsaturated/α-hetero) is 1. The Labute approximate surface area is 131 Å². The van der Waals surface area contributed by atoms with E-state index in [9.17, 15) is 9.59 Å². The lowest BCUT2D eigenvalue weighted by atomic mass is 10.1. The molecular formula is C17H24N2O3. The minimum atomic E-state index is -0.221. The Morgan fingerprint density at radius 2 is 1.73 bits per heavy atom. The second-order valence-electron chi connectivity index (χ2n) is 6.01. The second kappa shape index (κ2) is 7.03. The van der Waals surface area contributed by atoms with Gasteiger partial charge in [-0.25, -0.2) is 0 Å². The Kier molecular flexibility index (Phi) is 5.32. The number of nitrogens with zero attached hydrogens (tertiary/aromatic N) is 1. The summed E-state index contributed by atoms with van der Waals surface area (Å²) in [4.78, 5) is 25.8. The first-order valence-corrected chi connectivity index (χ1v) is 7.68. The van der Waals surface area contributed by atoms with Crippen LogP contribution in [0.15, 0.2) is 24.3 Å². The number of anilines is 1. The largest absolute Gasteiger partial charge is 0.373 e. The second-order valence-corrected chi connectivity index (χ2v) is 6.01. The molecule has 120 valence electrons. The lowest BCUT2D eigenvalue weighted by Gasteiger charge is -2.38. The van der Waals surface area contributed by atoms with Crippen LogP contribution in [-0.4, -0.2) is 47.9 Å². The molecule has 22 heavy (non-hydrogen) atoms. The van der Waals surface area contributed by atoms with E-state index in [1.54, 1.807) is 24.3 Å². The van der Waals surface area contributed by atoms with Gasteiger partial charge in [-0.05, 0) is 52.0 Å². The van der Waals surface area contributed by atoms with Crippen LogP contribution in [0.5, 0.6) is 0 Å². The Bertz CT molecular complexity index is 531. The third-order valence-corrected chi connectivity index (χ3v) is 3.93. The number of nitrogens with one attached hydrogen (secondary N) is 1. The van der Waals surface area contributed by atoms with E-state index in [-0.39, 0.29) is 29.9 Å². The summed E-state index contributed by atoms with van der Waals surface area (Å²) in [5.74, 6) is -0.0283. The minimum absolute atomic E-state index is 0.0162. The fourth-order valence-corrected chi connectivity index (χ4v) is 2.73. The summed E-state index contributed by atoms with van der Waals surface area (Å²) in [6, 6.07) is 6.74. The molecule has 0 aromatic heterocycles. The number of hydrogen-bond acceptors (Lipinski definition) is 4. The van der Waals surface area contributed by atoms with Gasteiger partial charge in [-0.2, -0.15) is 0 Å². The van der Waals surface area contributed by atoms with Crippen LogP contribution in [0.2, 0.25) is 0 Å². The molecule has 1 aromatic carbocycles. The quantitative estimate of drug-likeness (QED) is 0.867. The molecule has 1 aliphatic heterocycles. The zero-order chi connectivity index (χ0) is 16.3. The van der Waals surface area contributed by atoms with Gasteiger partial charge in [0.25, 0.3) is 0 Å². The van der Waals surface area contributed by atoms with Crippen molar-refractivity contribution in [3.05, 3.63) is 29.8 Å². The van der Waals surface area contributed by atoms with E-state index in [1.807, 2.05) is 20.8 Å². The highest BCUT2D eigenvalue weighted by Gasteiger charge is 2.29. The molecule has 1 aromatic rings. The Morgan fingerprint density at radius 1 is 1.18 bits per heavy atom. The highest BCUT2D eigenvalue weighted by molar-refractivity contribution is 5.96. The summed E-state index contributed by atoms with van der Waals surface area (Å²) in [6.07, 6.45) is 0.266. The number of carbonyl (C=O) groups excluding carboxylic acids is 2. The Morgan fingerprint density at radius 3 is 2.23 bits per heavy atom. The molecule has 0 radical (unpaired) electrons. The van der Waals surface area contributed by atoms with Crippen LogP contribution >= 0.6 is 0 Å². The van der Waals surface area contributed by atoms with E-state index in [4.69, 9.17) is 4.74 Å². The molecule has 1 aliphatic rings. The van der Waals surface area contributed by atoms with Crippen LogP contribution in [0, 0.1) is 0 Å². The first-order valence-electron chi connectivity index (χ1n) is 7.68. The van der Waals surface area contributed by atoms with Gasteiger partial charge in [0.05, 0.1) is 18.2 Å². The van der Waals surface area contributed by atoms with Crippen LogP contribution < -0.4 is 5.32 Å². The predicted octanol–water partition coefficient (Wildman–Crippen LogP) is 2.33. The van der Waals surface area contributed by atoms with Crippen molar-refractivity contribution in [2.24, 2.45) is 0 Å². The lowest BCUT2D eigenvalue weighted by molar-refractivity contribution is -0.126. The molecule has 0 saturated carbocycles. The number of carbonyl (C=O) groups is 2. The number of morpholine rings is 1. The highest BCUT2D eigenvalue weighted by Crippen LogP contribution is 2.16. The molecule has 5 nitrogen and oxygen atoms in total. The van der Waals surface area contributed by atoms with Gasteiger partial charge in [0.2, 0.25) is 5.91 Å². The van der Waals surface area contributed by atoms with E-state index >= 15 is 0 Å². The topological polar surface area (TPSA) is 58.6 Å². The number of ketones is 1. The lowest BCUT2D eigenvalue weighted by Crippen LogP contribution is -2.52. The summed E-state index contributed by atoms with van der Waals surface area (Å²) < 4.78 is 5.69. The fraction of sp³-hybridized carbons (Fsp3) is 0.529. The fourth-order valence-electron chi connectivity index (χ4n) is 2.73. The average Bonchev–Trinajstić information content (AvgIpc) is 2.46. The molecule has 2 rings (SSSR count). The molecule has 5 heteroatoms. The van der Waals surface area contributed by atoms with Crippen molar-refractivity contribution in [2.45, 2.75) is 45.9 Å². The van der Waals surface area contributed by atoms with E-state index in [1.165, 1.54) is 6.92 Å². The number of benzene rings is 1. The standard InChI is InChI=1S/C17H24N2O3/c1-11-9-19(10-12(2)22-11)13(3)17(21)18-16-7-5-15(6-8-16)14(4)20/h5-8,11-13H,9-10H2,1-4H3,(H,18,21). The van der Waals surface area contributed by atoms with Gasteiger partial charge in [-0.3, -0.25) is 14.5 Å². The number of ether oxygens (including phenoxy) is 1. The van der Waals surface area contributed by atoms with Gasteiger partial charge >= 0.3 is 0 Å². The summed E-state index contributed by atoms with van der Waals surface area (Å²) in [6.45, 7) is 8.98. The maximum atomic E-state index is 12.4. The molecule has 1 N–H and O–H groups in total. The van der Waals surface area contributed by atoms with Gasteiger partial charge in [0.1, 0.15) is 0 Å². The first kappa shape index (κ1) is 16.6. The smallest absolute Gasteiger partial charge is 0.241 e. The predicted molar refractivity (Wildman–Crippen MR) is 86.1 cm³/mol. The normalized spacial score (nSPS) is 23.8. The van der Waals surface area contributed by atoms with Crippen molar-refractivity contribution in [1.82, 2.24) is 4.90 Å². The molecule has 1 saturated heterocycles. The third-order valence-electron chi connectivity index (χ3n) is 3.93. The number of amides is 1. The molecule has 3 atom stereocenters. The van der Waals surface area contributed by atoms with Crippen molar-refractivity contribution in [1.29, 1.82) is 0 Å². The zero-order valence-electron chi connectivity index (χ0n) is 13.6. The van der Waals surface area contributed by atoms with Crippen LogP contribution in [-0.2, 0) is 9.53 Å². The molecule has 0 aliphatic carbocycles. The van der Waals surface area contributed by atoms with Gasteiger partial charge < -0.3 is 10.1 Å². The van der Waals surface area contributed by atoms with Gasteiger partial charge in [0, 0.05) is 24.3 Å². The van der Waals surface area contributed by atoms with E-state index < -0.39 is 0 Å².